The van der Waals surface area contributed by atoms with Crippen molar-refractivity contribution in [2.75, 3.05) is 0 Å². The first kappa shape index (κ1) is 43.3. The molecule has 0 saturated heterocycles. The molecule has 0 amide bonds. The summed E-state index contributed by atoms with van der Waals surface area (Å²) >= 11 is -5.01. The fourth-order valence-electron chi connectivity index (χ4n) is 0. The molecule has 0 bridgehead atoms. The molecule has 8 nitrogen and oxygen atoms in total. The molecule has 0 aliphatic heterocycles. The molecule has 0 aromatic heterocycles. The van der Waals surface area contributed by atoms with Gasteiger partial charge < -0.3 is 21.9 Å². The fraction of sp³-hybridized carbons (Fsp3) is 0. The molecule has 4 N–H and O–H groups in total. The third-order valence-electron chi connectivity index (χ3n) is 0. The Bertz CT molecular complexity index is 61.3. The van der Waals surface area contributed by atoms with Crippen LogP contribution < -0.4 is 0 Å². The molecule has 0 aliphatic carbocycles. The predicted molar refractivity (Wildman–Crippen MR) is 10.5 cm³/mol. The topological polar surface area (TPSA) is 188 Å². The molecular formula is H4O8U2. The zero-order chi connectivity index (χ0) is 5.41. The maximum absolute atomic E-state index is 8.58. The normalized spacial score (nSPS) is 1.60. The first-order valence-corrected chi connectivity index (χ1v) is 7.62. The molecule has 0 rings (SSSR count). The second-order valence-corrected chi connectivity index (χ2v) is 1.55. The zero-order valence-electron chi connectivity index (χ0n) is 4.42. The zero-order valence-corrected chi connectivity index (χ0v) is 12.7. The van der Waals surface area contributed by atoms with Crippen molar-refractivity contribution < 1.29 is 86.5 Å². The Labute approximate surface area is 85.4 Å². The third kappa shape index (κ3) is 463. The van der Waals surface area contributed by atoms with E-state index in [4.69, 9.17) is 8.94 Å². The molecule has 10 heteroatoms. The van der Waals surface area contributed by atoms with Crippen molar-refractivity contribution in [1.29, 1.82) is 0 Å². The molecule has 60 valence electrons. The maximum atomic E-state index is 8.58. The average Bonchev–Trinajstić information content (AvgIpc) is 1.39. The third-order valence-corrected chi connectivity index (χ3v) is 0. The second-order valence-electron chi connectivity index (χ2n) is 0.167. The summed E-state index contributed by atoms with van der Waals surface area (Å²) in [7, 11) is 0. The molecule has 0 atom stereocenters. The van der Waals surface area contributed by atoms with Gasteiger partial charge in [-0.15, -0.1) is 0 Å². The van der Waals surface area contributed by atoms with E-state index in [1.165, 1.54) is 0 Å². The molecule has 0 aromatic carbocycles. The summed E-state index contributed by atoms with van der Waals surface area (Å²) in [6.07, 6.45) is 0. The monoisotopic (exact) mass is 608 g/mol. The van der Waals surface area contributed by atoms with E-state index in [0.717, 1.165) is 0 Å². The Hall–Kier alpha value is 1.14. The molecule has 10 heavy (non-hydrogen) atoms. The van der Waals surface area contributed by atoms with E-state index in [9.17, 15) is 0 Å². The summed E-state index contributed by atoms with van der Waals surface area (Å²) < 4.78 is 34.3. The summed E-state index contributed by atoms with van der Waals surface area (Å²) in [5, 5.41) is 0. The van der Waals surface area contributed by atoms with Crippen LogP contribution in [0.4, 0.5) is 0 Å². The van der Waals surface area contributed by atoms with Gasteiger partial charge in [0.15, 0.2) is 0 Å². The van der Waals surface area contributed by atoms with Crippen molar-refractivity contribution in [3.63, 3.8) is 0 Å². The van der Waals surface area contributed by atoms with Crippen LogP contribution in [0, 0.1) is 55.6 Å². The molecule has 0 saturated carbocycles. The molecule has 0 spiro atoms. The van der Waals surface area contributed by atoms with E-state index in [0.29, 0.717) is 0 Å². The Morgan fingerprint density at radius 3 is 0.500 bits per heavy atom. The van der Waals surface area contributed by atoms with Crippen molar-refractivity contribution >= 4 is 0 Å². The van der Waals surface area contributed by atoms with E-state index in [1.54, 1.807) is 0 Å². The molecule has 0 aromatic rings. The quantitative estimate of drug-likeness (QED) is 0.329. The summed E-state index contributed by atoms with van der Waals surface area (Å²) in [6.45, 7) is 0. The van der Waals surface area contributed by atoms with E-state index < -0.39 is 55.6 Å². The second kappa shape index (κ2) is 85.8. The van der Waals surface area contributed by atoms with Crippen LogP contribution in [-0.2, 0) is 8.94 Å². The van der Waals surface area contributed by atoms with Gasteiger partial charge in [0, 0.05) is 0 Å². The van der Waals surface area contributed by atoms with Gasteiger partial charge in [0.05, 0.1) is 0 Å². The summed E-state index contributed by atoms with van der Waals surface area (Å²) in [5.41, 5.74) is 0. The van der Waals surface area contributed by atoms with Crippen molar-refractivity contribution in [3.05, 3.63) is 0 Å². The van der Waals surface area contributed by atoms with E-state index in [1.807, 2.05) is 0 Å². The molecular weight excluding hydrogens is 604 g/mol. The minimum absolute atomic E-state index is 0. The van der Waals surface area contributed by atoms with Crippen LogP contribution in [0.5, 0.6) is 0 Å². The predicted octanol–water partition coefficient (Wildman–Crippen LogP) is -1.18. The summed E-state index contributed by atoms with van der Waals surface area (Å²) in [6, 6.07) is 0. The van der Waals surface area contributed by atoms with Crippen molar-refractivity contribution in [1.82, 2.24) is 0 Å². The van der Waals surface area contributed by atoms with E-state index >= 15 is 0 Å². The Kier molecular flexibility index (Phi) is 372. The molecule has 0 fully saturated rings. The molecule has 0 aliphatic rings. The van der Waals surface area contributed by atoms with Crippen molar-refractivity contribution in [2.24, 2.45) is 0 Å². The summed E-state index contributed by atoms with van der Waals surface area (Å²) in [5.74, 6) is 0. The van der Waals surface area contributed by atoms with Gasteiger partial charge in [-0.3, -0.25) is 0 Å². The minimum atomic E-state index is -2.51. The van der Waals surface area contributed by atoms with Gasteiger partial charge in [-0.25, -0.2) is 0 Å². The van der Waals surface area contributed by atoms with Crippen molar-refractivity contribution in [3.8, 4) is 0 Å². The van der Waals surface area contributed by atoms with Gasteiger partial charge in [-0.2, -0.15) is 0 Å². The first-order chi connectivity index (χ1) is 2.83. The standard InChI is InChI=1S/4H2O.4O.2U/h4*1H2;;;;;;/q;;;;;;;;2*+2/p-4. The van der Waals surface area contributed by atoms with Gasteiger partial charge >= 0.3 is 64.6 Å². The summed E-state index contributed by atoms with van der Waals surface area (Å²) in [4.78, 5) is 0. The molecule has 0 radical (unpaired) electrons. The van der Waals surface area contributed by atoms with Crippen molar-refractivity contribution in [2.45, 2.75) is 0 Å². The van der Waals surface area contributed by atoms with Crippen LogP contribution in [-0.4, -0.2) is 21.9 Å². The van der Waals surface area contributed by atoms with Crippen LogP contribution >= 0.6 is 0 Å². The van der Waals surface area contributed by atoms with Gasteiger partial charge in [0.25, 0.3) is 0 Å². The average molecular weight is 608 g/mol. The van der Waals surface area contributed by atoms with Gasteiger partial charge in [-0.1, -0.05) is 0 Å². The fourth-order valence-corrected chi connectivity index (χ4v) is 0. The van der Waals surface area contributed by atoms with Gasteiger partial charge in [0.1, 0.15) is 0 Å². The Morgan fingerprint density at radius 1 is 0.500 bits per heavy atom. The van der Waals surface area contributed by atoms with Crippen LogP contribution in [0.1, 0.15) is 0 Å². The van der Waals surface area contributed by atoms with Crippen LogP contribution in [0.3, 0.4) is 0 Å². The van der Waals surface area contributed by atoms with Gasteiger partial charge in [-0.05, 0) is 0 Å². The molecule has 0 heterocycles. The van der Waals surface area contributed by atoms with E-state index in [2.05, 4.69) is 0 Å². The SMILES string of the molecule is [OH-].[OH-].[OH-].[OH-].[O]=[U+2]=[O].[O]=[U+2]=[O]. The number of hydrogen-bond donors (Lipinski definition) is 0. The Morgan fingerprint density at radius 2 is 0.500 bits per heavy atom. The first-order valence-electron chi connectivity index (χ1n) is 0.816. The number of rotatable bonds is 0. The van der Waals surface area contributed by atoms with Crippen LogP contribution in [0.25, 0.3) is 0 Å². The van der Waals surface area contributed by atoms with Crippen LogP contribution in [0.15, 0.2) is 0 Å². The molecule has 0 unspecified atom stereocenters. The van der Waals surface area contributed by atoms with Crippen LogP contribution in [0.2, 0.25) is 0 Å². The van der Waals surface area contributed by atoms with Gasteiger partial charge in [0.2, 0.25) is 0 Å². The van der Waals surface area contributed by atoms with E-state index in [-0.39, 0.29) is 21.9 Å². The Balaban J connectivity index is -0.00000000571. The number of hydrogen-bond acceptors (Lipinski definition) is 8.